The van der Waals surface area contributed by atoms with Gasteiger partial charge in [-0.15, -0.1) is 11.3 Å². The highest BCUT2D eigenvalue weighted by atomic mass is 79.9. The SMILES string of the molecule is BrCc1scnc1C1=C(OCc2ccccc2)CC=CO1. The number of alkyl halides is 1. The highest BCUT2D eigenvalue weighted by molar-refractivity contribution is 9.08. The second-order valence-electron chi connectivity index (χ2n) is 4.48. The third-order valence-corrected chi connectivity index (χ3v) is 4.84. The molecule has 0 aliphatic carbocycles. The monoisotopic (exact) mass is 363 g/mol. The lowest BCUT2D eigenvalue weighted by Crippen LogP contribution is -2.04. The summed E-state index contributed by atoms with van der Waals surface area (Å²) < 4.78 is 11.6. The van der Waals surface area contributed by atoms with Crippen LogP contribution in [-0.2, 0) is 21.4 Å². The van der Waals surface area contributed by atoms with Crippen LogP contribution >= 0.6 is 27.3 Å². The fourth-order valence-corrected chi connectivity index (χ4v) is 3.30. The molecule has 1 aromatic heterocycles. The normalized spacial score (nSPS) is 14.1. The van der Waals surface area contributed by atoms with Crippen LogP contribution in [0.2, 0.25) is 0 Å². The number of benzene rings is 1. The second-order valence-corrected chi connectivity index (χ2v) is 5.98. The van der Waals surface area contributed by atoms with Gasteiger partial charge in [-0.1, -0.05) is 46.3 Å². The van der Waals surface area contributed by atoms with E-state index in [2.05, 4.69) is 20.9 Å². The molecule has 0 atom stereocenters. The van der Waals surface area contributed by atoms with E-state index in [-0.39, 0.29) is 0 Å². The van der Waals surface area contributed by atoms with Crippen molar-refractivity contribution in [2.45, 2.75) is 18.4 Å². The summed E-state index contributed by atoms with van der Waals surface area (Å²) in [6.45, 7) is 0.532. The number of hydrogen-bond acceptors (Lipinski definition) is 4. The van der Waals surface area contributed by atoms with Gasteiger partial charge in [0.15, 0.2) is 5.76 Å². The van der Waals surface area contributed by atoms with Crippen LogP contribution in [0.3, 0.4) is 0 Å². The quantitative estimate of drug-likeness (QED) is 0.711. The average Bonchev–Trinajstić information content (AvgIpc) is 3.02. The molecule has 1 aromatic carbocycles. The van der Waals surface area contributed by atoms with Crippen molar-refractivity contribution in [3.63, 3.8) is 0 Å². The van der Waals surface area contributed by atoms with Gasteiger partial charge in [0.25, 0.3) is 0 Å². The third-order valence-electron chi connectivity index (χ3n) is 3.07. The van der Waals surface area contributed by atoms with Gasteiger partial charge < -0.3 is 9.47 Å². The summed E-state index contributed by atoms with van der Waals surface area (Å²) in [5, 5.41) is 0.759. The van der Waals surface area contributed by atoms with Crippen molar-refractivity contribution in [2.75, 3.05) is 0 Å². The van der Waals surface area contributed by atoms with Gasteiger partial charge in [0, 0.05) is 16.6 Å². The Labute approximate surface area is 136 Å². The molecule has 108 valence electrons. The first-order valence-corrected chi connectivity index (χ1v) is 8.59. The summed E-state index contributed by atoms with van der Waals surface area (Å²) in [5.41, 5.74) is 3.83. The predicted octanol–water partition coefficient (Wildman–Crippen LogP) is 4.86. The molecule has 2 heterocycles. The van der Waals surface area contributed by atoms with Gasteiger partial charge >= 0.3 is 0 Å². The zero-order valence-corrected chi connectivity index (χ0v) is 13.7. The van der Waals surface area contributed by atoms with E-state index in [1.54, 1.807) is 17.6 Å². The van der Waals surface area contributed by atoms with Crippen LogP contribution in [-0.4, -0.2) is 4.98 Å². The first kappa shape index (κ1) is 14.4. The Bertz CT molecular complexity index is 664. The summed E-state index contributed by atoms with van der Waals surface area (Å²) in [6.07, 6.45) is 4.37. The van der Waals surface area contributed by atoms with E-state index >= 15 is 0 Å². The van der Waals surface area contributed by atoms with Crippen LogP contribution in [0.15, 0.2) is 53.9 Å². The van der Waals surface area contributed by atoms with Gasteiger partial charge in [0.2, 0.25) is 0 Å². The summed E-state index contributed by atoms with van der Waals surface area (Å²) in [5.74, 6) is 1.55. The smallest absolute Gasteiger partial charge is 0.191 e. The Hall–Kier alpha value is -1.59. The molecule has 0 saturated heterocycles. The number of rotatable bonds is 5. The predicted molar refractivity (Wildman–Crippen MR) is 87.7 cm³/mol. The van der Waals surface area contributed by atoms with Crippen molar-refractivity contribution in [1.29, 1.82) is 0 Å². The molecule has 3 nitrogen and oxygen atoms in total. The number of thiazole rings is 1. The molecule has 0 fully saturated rings. The molecule has 0 amide bonds. The maximum absolute atomic E-state index is 5.96. The van der Waals surface area contributed by atoms with Crippen molar-refractivity contribution in [2.24, 2.45) is 0 Å². The van der Waals surface area contributed by atoms with Crippen molar-refractivity contribution < 1.29 is 9.47 Å². The summed E-state index contributed by atoms with van der Waals surface area (Å²) in [4.78, 5) is 5.55. The highest BCUT2D eigenvalue weighted by Crippen LogP contribution is 2.31. The van der Waals surface area contributed by atoms with E-state index in [9.17, 15) is 0 Å². The second kappa shape index (κ2) is 6.91. The van der Waals surface area contributed by atoms with Gasteiger partial charge in [-0.05, 0) is 11.6 Å². The van der Waals surface area contributed by atoms with E-state index < -0.39 is 0 Å². The molecule has 1 aliphatic heterocycles. The molecule has 0 bridgehead atoms. The van der Waals surface area contributed by atoms with E-state index in [0.717, 1.165) is 39.4 Å². The Morgan fingerprint density at radius 3 is 2.95 bits per heavy atom. The lowest BCUT2D eigenvalue weighted by molar-refractivity contribution is 0.182. The third kappa shape index (κ3) is 3.36. The van der Waals surface area contributed by atoms with Crippen LogP contribution in [0.1, 0.15) is 22.6 Å². The van der Waals surface area contributed by atoms with Crippen LogP contribution in [0, 0.1) is 0 Å². The first-order chi connectivity index (χ1) is 10.4. The first-order valence-electron chi connectivity index (χ1n) is 6.58. The van der Waals surface area contributed by atoms with Crippen molar-refractivity contribution in [3.05, 3.63) is 70.1 Å². The fourth-order valence-electron chi connectivity index (χ4n) is 2.04. The minimum atomic E-state index is 0.532. The van der Waals surface area contributed by atoms with Gasteiger partial charge in [0.1, 0.15) is 18.1 Å². The molecule has 5 heteroatoms. The summed E-state index contributed by atoms with van der Waals surface area (Å²) in [6, 6.07) is 10.1. The Balaban J connectivity index is 1.82. The molecule has 0 N–H and O–H groups in total. The molecule has 0 radical (unpaired) electrons. The number of ether oxygens (including phenoxy) is 2. The topological polar surface area (TPSA) is 31.4 Å². The van der Waals surface area contributed by atoms with Crippen molar-refractivity contribution >= 4 is 33.0 Å². The minimum Gasteiger partial charge on any atom is -0.489 e. The van der Waals surface area contributed by atoms with Gasteiger partial charge in [0.05, 0.1) is 11.8 Å². The number of nitrogens with zero attached hydrogens (tertiary/aromatic N) is 1. The lowest BCUT2D eigenvalue weighted by Gasteiger charge is -2.17. The van der Waals surface area contributed by atoms with Crippen LogP contribution in [0.25, 0.3) is 5.76 Å². The largest absolute Gasteiger partial charge is 0.489 e. The standard InChI is InChI=1S/C16H14BrNO2S/c17-9-14-15(18-11-21-14)16-13(7-4-8-19-16)20-10-12-5-2-1-3-6-12/h1-6,8,11H,7,9-10H2. The lowest BCUT2D eigenvalue weighted by atomic mass is 10.2. The zero-order valence-electron chi connectivity index (χ0n) is 11.3. The van der Waals surface area contributed by atoms with Crippen LogP contribution < -0.4 is 0 Å². The summed E-state index contributed by atoms with van der Waals surface area (Å²) >= 11 is 5.09. The maximum Gasteiger partial charge on any atom is 0.191 e. The van der Waals surface area contributed by atoms with Gasteiger partial charge in [-0.3, -0.25) is 0 Å². The number of allylic oxidation sites excluding steroid dienone is 1. The van der Waals surface area contributed by atoms with Gasteiger partial charge in [-0.25, -0.2) is 4.98 Å². The number of aromatic nitrogens is 1. The van der Waals surface area contributed by atoms with E-state index in [1.165, 1.54) is 0 Å². The van der Waals surface area contributed by atoms with E-state index in [1.807, 2.05) is 41.9 Å². The minimum absolute atomic E-state index is 0.532. The number of halogens is 1. The van der Waals surface area contributed by atoms with Crippen LogP contribution in [0.4, 0.5) is 0 Å². The molecule has 0 spiro atoms. The highest BCUT2D eigenvalue weighted by Gasteiger charge is 2.20. The summed E-state index contributed by atoms with van der Waals surface area (Å²) in [7, 11) is 0. The zero-order chi connectivity index (χ0) is 14.5. The Morgan fingerprint density at radius 1 is 1.29 bits per heavy atom. The molecule has 21 heavy (non-hydrogen) atoms. The van der Waals surface area contributed by atoms with Crippen LogP contribution in [0.5, 0.6) is 0 Å². The molecule has 2 aromatic rings. The van der Waals surface area contributed by atoms with E-state index in [4.69, 9.17) is 9.47 Å². The molecular weight excluding hydrogens is 350 g/mol. The Kier molecular flexibility index (Phi) is 4.72. The van der Waals surface area contributed by atoms with Crippen molar-refractivity contribution in [3.8, 4) is 0 Å². The van der Waals surface area contributed by atoms with Crippen molar-refractivity contribution in [1.82, 2.24) is 4.98 Å². The molecule has 1 aliphatic rings. The van der Waals surface area contributed by atoms with E-state index in [0.29, 0.717) is 6.61 Å². The number of hydrogen-bond donors (Lipinski definition) is 0. The Morgan fingerprint density at radius 2 is 2.14 bits per heavy atom. The maximum atomic E-state index is 5.96. The fraction of sp³-hybridized carbons (Fsp3) is 0.188. The molecule has 0 unspecified atom stereocenters. The average molecular weight is 364 g/mol. The molecule has 0 saturated carbocycles. The van der Waals surface area contributed by atoms with Gasteiger partial charge in [-0.2, -0.15) is 0 Å². The molecule has 3 rings (SSSR count). The molecular formula is C16H14BrNO2S.